The number of nitrogens with zero attached hydrogens (tertiary/aromatic N) is 2. The molecular weight excluding hydrogens is 386 g/mol. The van der Waals surface area contributed by atoms with E-state index in [-0.39, 0.29) is 11.2 Å². The quantitative estimate of drug-likeness (QED) is 0.473. The fourth-order valence-electron chi connectivity index (χ4n) is 1.66. The van der Waals surface area contributed by atoms with Crippen LogP contribution in [-0.4, -0.2) is 33.7 Å². The normalized spacial score (nSPS) is 12.0. The molecule has 0 aliphatic carbocycles. The Morgan fingerprint density at radius 3 is 2.68 bits per heavy atom. The van der Waals surface area contributed by atoms with E-state index in [4.69, 9.17) is 0 Å². The Labute approximate surface area is 156 Å². The highest BCUT2D eigenvalue weighted by molar-refractivity contribution is 8.02. The second kappa shape index (κ2) is 9.73. The maximum absolute atomic E-state index is 12.3. The highest BCUT2D eigenvalue weighted by Gasteiger charge is 2.17. The molecule has 0 radical (unpaired) electrons. The van der Waals surface area contributed by atoms with Crippen molar-refractivity contribution in [3.8, 4) is 0 Å². The molecule has 1 amide bonds. The van der Waals surface area contributed by atoms with Gasteiger partial charge in [0.05, 0.1) is 5.25 Å². The van der Waals surface area contributed by atoms with E-state index in [2.05, 4.69) is 27.4 Å². The van der Waals surface area contributed by atoms with E-state index in [0.29, 0.717) is 38.4 Å². The predicted molar refractivity (Wildman–Crippen MR) is 101 cm³/mol. The molecule has 10 heteroatoms. The van der Waals surface area contributed by atoms with Gasteiger partial charge in [-0.15, -0.1) is 16.8 Å². The summed E-state index contributed by atoms with van der Waals surface area (Å²) in [5.41, 5.74) is 0.557. The van der Waals surface area contributed by atoms with E-state index in [1.54, 1.807) is 37.3 Å². The second-order valence-corrected chi connectivity index (χ2v) is 8.32. The van der Waals surface area contributed by atoms with Gasteiger partial charge in [-0.1, -0.05) is 40.9 Å². The molecular formula is C15H16F2N4OS3. The van der Waals surface area contributed by atoms with Crippen LogP contribution < -0.4 is 10.6 Å². The van der Waals surface area contributed by atoms with Gasteiger partial charge in [-0.2, -0.15) is 8.78 Å². The van der Waals surface area contributed by atoms with Crippen molar-refractivity contribution >= 4 is 51.6 Å². The van der Waals surface area contributed by atoms with E-state index >= 15 is 0 Å². The Morgan fingerprint density at radius 1 is 1.32 bits per heavy atom. The lowest BCUT2D eigenvalue weighted by Gasteiger charge is -2.10. The van der Waals surface area contributed by atoms with Crippen molar-refractivity contribution in [1.29, 1.82) is 0 Å². The highest BCUT2D eigenvalue weighted by atomic mass is 32.2. The second-order valence-electron chi connectivity index (χ2n) is 4.69. The number of carbonyl (C=O) groups is 1. The van der Waals surface area contributed by atoms with Gasteiger partial charge in [0.2, 0.25) is 11.0 Å². The zero-order valence-electron chi connectivity index (χ0n) is 13.2. The number of amides is 1. The van der Waals surface area contributed by atoms with Gasteiger partial charge in [0.1, 0.15) is 0 Å². The van der Waals surface area contributed by atoms with Gasteiger partial charge in [0, 0.05) is 17.1 Å². The van der Waals surface area contributed by atoms with Crippen LogP contribution in [0.4, 0.5) is 19.6 Å². The molecule has 0 saturated heterocycles. The molecule has 134 valence electrons. The van der Waals surface area contributed by atoms with Crippen LogP contribution in [-0.2, 0) is 4.79 Å². The largest absolute Gasteiger partial charge is 0.357 e. The van der Waals surface area contributed by atoms with Crippen molar-refractivity contribution in [2.45, 2.75) is 27.2 Å². The highest BCUT2D eigenvalue weighted by Crippen LogP contribution is 2.30. The van der Waals surface area contributed by atoms with E-state index in [1.807, 2.05) is 0 Å². The smallest absolute Gasteiger partial charge is 0.288 e. The minimum absolute atomic E-state index is 0.199. The summed E-state index contributed by atoms with van der Waals surface area (Å²) in [5.74, 6) is -2.66. The van der Waals surface area contributed by atoms with Crippen LogP contribution in [0.15, 0.2) is 46.2 Å². The number of thioether (sulfide) groups is 2. The molecule has 1 aromatic carbocycles. The first kappa shape index (κ1) is 19.7. The number of alkyl halides is 2. The Hall–Kier alpha value is -1.65. The summed E-state index contributed by atoms with van der Waals surface area (Å²) in [5, 5.41) is 14.1. The third-order valence-electron chi connectivity index (χ3n) is 2.80. The molecule has 5 nitrogen and oxygen atoms in total. The van der Waals surface area contributed by atoms with Crippen molar-refractivity contribution in [3.05, 3.63) is 36.9 Å². The SMILES string of the molecule is C=CCNc1nnc(S[C@H](C)C(=O)Nc2ccc(SC(F)F)cc2)s1. The Bertz CT molecular complexity index is 709. The number of nitrogens with one attached hydrogen (secondary N) is 2. The minimum Gasteiger partial charge on any atom is -0.357 e. The van der Waals surface area contributed by atoms with Crippen LogP contribution in [0.1, 0.15) is 6.92 Å². The third-order valence-corrected chi connectivity index (χ3v) is 5.59. The lowest BCUT2D eigenvalue weighted by atomic mass is 10.3. The third kappa shape index (κ3) is 6.63. The summed E-state index contributed by atoms with van der Waals surface area (Å²) in [6, 6.07) is 6.30. The average Bonchev–Trinajstić information content (AvgIpc) is 3.01. The molecule has 0 saturated carbocycles. The molecule has 2 aromatic rings. The van der Waals surface area contributed by atoms with Crippen LogP contribution in [0.5, 0.6) is 0 Å². The van der Waals surface area contributed by atoms with Gasteiger partial charge >= 0.3 is 0 Å². The molecule has 2 N–H and O–H groups in total. The molecule has 2 rings (SSSR count). The Morgan fingerprint density at radius 2 is 2.04 bits per heavy atom. The number of rotatable bonds is 9. The maximum Gasteiger partial charge on any atom is 0.288 e. The lowest BCUT2D eigenvalue weighted by Crippen LogP contribution is -2.22. The summed E-state index contributed by atoms with van der Waals surface area (Å²) in [6.07, 6.45) is 1.72. The van der Waals surface area contributed by atoms with E-state index < -0.39 is 5.76 Å². The van der Waals surface area contributed by atoms with Gasteiger partial charge < -0.3 is 10.6 Å². The van der Waals surface area contributed by atoms with Crippen LogP contribution >= 0.6 is 34.9 Å². The fourth-order valence-corrected chi connectivity index (χ4v) is 4.06. The minimum atomic E-state index is -2.46. The Kier molecular flexibility index (Phi) is 7.66. The average molecular weight is 403 g/mol. The van der Waals surface area contributed by atoms with Crippen molar-refractivity contribution in [2.24, 2.45) is 0 Å². The number of carbonyl (C=O) groups excluding carboxylic acids is 1. The molecule has 0 unspecified atom stereocenters. The molecule has 1 heterocycles. The first-order valence-corrected chi connectivity index (χ1v) is 9.76. The zero-order chi connectivity index (χ0) is 18.2. The van der Waals surface area contributed by atoms with Gasteiger partial charge in [0.15, 0.2) is 4.34 Å². The molecule has 0 aliphatic rings. The topological polar surface area (TPSA) is 66.9 Å². The number of hydrogen-bond donors (Lipinski definition) is 2. The Balaban J connectivity index is 1.87. The predicted octanol–water partition coefficient (Wildman–Crippen LogP) is 4.57. The van der Waals surface area contributed by atoms with Crippen LogP contribution in [0.2, 0.25) is 0 Å². The lowest BCUT2D eigenvalue weighted by molar-refractivity contribution is -0.115. The number of hydrogen-bond acceptors (Lipinski definition) is 7. The molecule has 0 bridgehead atoms. The number of anilines is 2. The first-order chi connectivity index (χ1) is 12.0. The van der Waals surface area contributed by atoms with E-state index in [1.165, 1.54) is 23.1 Å². The molecule has 1 aromatic heterocycles. The summed E-state index contributed by atoms with van der Waals surface area (Å²) in [6.45, 7) is 5.97. The van der Waals surface area contributed by atoms with Gasteiger partial charge in [-0.05, 0) is 31.2 Å². The summed E-state index contributed by atoms with van der Waals surface area (Å²) in [7, 11) is 0. The standard InChI is InChI=1S/C15H16F2N4OS3/c1-3-8-18-14-20-21-15(25-14)23-9(2)12(22)19-10-4-6-11(7-5-10)24-13(16)17/h3-7,9,13H,1,8H2,2H3,(H,18,20)(H,19,22)/t9-/m1/s1. The van der Waals surface area contributed by atoms with Crippen molar-refractivity contribution < 1.29 is 13.6 Å². The molecule has 25 heavy (non-hydrogen) atoms. The zero-order valence-corrected chi connectivity index (χ0v) is 15.7. The summed E-state index contributed by atoms with van der Waals surface area (Å²) in [4.78, 5) is 12.7. The maximum atomic E-state index is 12.3. The first-order valence-electron chi connectivity index (χ1n) is 7.18. The van der Waals surface area contributed by atoms with Crippen LogP contribution in [0.3, 0.4) is 0 Å². The van der Waals surface area contributed by atoms with Gasteiger partial charge in [0.25, 0.3) is 5.76 Å². The van der Waals surface area contributed by atoms with Gasteiger partial charge in [-0.3, -0.25) is 4.79 Å². The van der Waals surface area contributed by atoms with Crippen LogP contribution in [0, 0.1) is 0 Å². The number of halogens is 2. The van der Waals surface area contributed by atoms with Crippen molar-refractivity contribution in [1.82, 2.24) is 10.2 Å². The number of benzene rings is 1. The molecule has 0 spiro atoms. The van der Waals surface area contributed by atoms with Gasteiger partial charge in [-0.25, -0.2) is 0 Å². The van der Waals surface area contributed by atoms with E-state index in [0.717, 1.165) is 0 Å². The monoisotopic (exact) mass is 402 g/mol. The molecule has 1 atom stereocenters. The fraction of sp³-hybridized carbons (Fsp3) is 0.267. The van der Waals surface area contributed by atoms with Crippen molar-refractivity contribution in [3.63, 3.8) is 0 Å². The van der Waals surface area contributed by atoms with E-state index in [9.17, 15) is 13.6 Å². The summed E-state index contributed by atoms with van der Waals surface area (Å²) >= 11 is 3.13. The number of aromatic nitrogens is 2. The molecule has 0 fully saturated rings. The van der Waals surface area contributed by atoms with Crippen molar-refractivity contribution in [2.75, 3.05) is 17.2 Å². The molecule has 0 aliphatic heterocycles. The summed E-state index contributed by atoms with van der Waals surface area (Å²) < 4.78 is 25.2. The van der Waals surface area contributed by atoms with Crippen LogP contribution in [0.25, 0.3) is 0 Å².